The molecule has 94 valence electrons. The summed E-state index contributed by atoms with van der Waals surface area (Å²) in [6.45, 7) is 9.18. The van der Waals surface area contributed by atoms with Gasteiger partial charge in [-0.1, -0.05) is 0 Å². The third-order valence-electron chi connectivity index (χ3n) is 1.67. The fourth-order valence-corrected chi connectivity index (χ4v) is 0.946. The van der Waals surface area contributed by atoms with E-state index >= 15 is 0 Å². The molecule has 0 bridgehead atoms. The zero-order valence-electron chi connectivity index (χ0n) is 10.6. The molecule has 0 spiro atoms. The molecule has 1 N–H and O–H groups in total. The van der Waals surface area contributed by atoms with Gasteiger partial charge in [-0.05, 0) is 34.6 Å². The lowest BCUT2D eigenvalue weighted by Gasteiger charge is -2.22. The number of nitrogens with one attached hydrogen (secondary N) is 1. The minimum Gasteiger partial charge on any atom is -0.444 e. The molecule has 16 heavy (non-hydrogen) atoms. The molecule has 0 aromatic carbocycles. The van der Waals surface area contributed by atoms with Gasteiger partial charge in [-0.25, -0.2) is 4.79 Å². The summed E-state index contributed by atoms with van der Waals surface area (Å²) in [5.41, 5.74) is -0.572. The molecule has 0 saturated heterocycles. The molecule has 0 aromatic heterocycles. The van der Waals surface area contributed by atoms with Crippen LogP contribution in [0.5, 0.6) is 0 Å². The van der Waals surface area contributed by atoms with Crippen LogP contribution in [0.1, 0.15) is 34.6 Å². The van der Waals surface area contributed by atoms with Gasteiger partial charge in [0, 0.05) is 6.61 Å². The quantitative estimate of drug-likeness (QED) is 0.778. The molecule has 0 aromatic rings. The molecule has 1 atom stereocenters. The van der Waals surface area contributed by atoms with Crippen molar-refractivity contribution in [1.29, 1.82) is 0 Å². The first kappa shape index (κ1) is 14.9. The number of Topliss-reactive ketones (excluding diaryl/α,β-unsaturated/α-hetero) is 1. The van der Waals surface area contributed by atoms with Crippen LogP contribution in [0.2, 0.25) is 0 Å². The Bertz CT molecular complexity index is 245. The van der Waals surface area contributed by atoms with E-state index < -0.39 is 17.7 Å². The van der Waals surface area contributed by atoms with E-state index in [0.717, 1.165) is 0 Å². The van der Waals surface area contributed by atoms with Crippen molar-refractivity contribution in [2.45, 2.75) is 46.3 Å². The summed E-state index contributed by atoms with van der Waals surface area (Å²) in [6.07, 6.45) is -0.604. The number of amides is 1. The molecule has 0 unspecified atom stereocenters. The van der Waals surface area contributed by atoms with Gasteiger partial charge in [-0.3, -0.25) is 4.79 Å². The minimum atomic E-state index is -0.644. The molecule has 5 nitrogen and oxygen atoms in total. The minimum absolute atomic E-state index is 0.153. The summed E-state index contributed by atoms with van der Waals surface area (Å²) in [5.74, 6) is -0.153. The van der Waals surface area contributed by atoms with Gasteiger partial charge in [0.15, 0.2) is 5.78 Å². The van der Waals surface area contributed by atoms with Crippen molar-refractivity contribution >= 4 is 11.9 Å². The monoisotopic (exact) mass is 231 g/mol. The topological polar surface area (TPSA) is 64.6 Å². The van der Waals surface area contributed by atoms with Crippen LogP contribution in [0.4, 0.5) is 4.79 Å². The second-order valence-corrected chi connectivity index (χ2v) is 4.47. The number of carbonyl (C=O) groups is 2. The lowest BCUT2D eigenvalue weighted by molar-refractivity contribution is -0.120. The summed E-state index contributed by atoms with van der Waals surface area (Å²) in [4.78, 5) is 22.6. The van der Waals surface area contributed by atoms with Crippen molar-refractivity contribution in [3.05, 3.63) is 0 Å². The molecule has 0 aliphatic carbocycles. The van der Waals surface area contributed by atoms with Crippen LogP contribution < -0.4 is 5.32 Å². The van der Waals surface area contributed by atoms with Gasteiger partial charge >= 0.3 is 6.09 Å². The van der Waals surface area contributed by atoms with E-state index in [9.17, 15) is 9.59 Å². The average Bonchev–Trinajstić information content (AvgIpc) is 2.08. The van der Waals surface area contributed by atoms with E-state index in [-0.39, 0.29) is 12.4 Å². The van der Waals surface area contributed by atoms with E-state index in [0.29, 0.717) is 6.61 Å². The summed E-state index contributed by atoms with van der Waals surface area (Å²) in [5, 5.41) is 2.47. The van der Waals surface area contributed by atoms with Crippen LogP contribution >= 0.6 is 0 Å². The number of alkyl carbamates (subject to hydrolysis) is 1. The molecule has 0 aliphatic rings. The first-order valence-corrected chi connectivity index (χ1v) is 5.34. The largest absolute Gasteiger partial charge is 0.444 e. The number of rotatable bonds is 5. The van der Waals surface area contributed by atoms with Crippen LogP contribution in [0.3, 0.4) is 0 Å². The van der Waals surface area contributed by atoms with Crippen molar-refractivity contribution in [2.75, 3.05) is 13.2 Å². The molecule has 5 heteroatoms. The van der Waals surface area contributed by atoms with E-state index in [1.807, 2.05) is 6.92 Å². The van der Waals surface area contributed by atoms with Gasteiger partial charge in [0.2, 0.25) is 0 Å². The van der Waals surface area contributed by atoms with Gasteiger partial charge in [-0.15, -0.1) is 0 Å². The fraction of sp³-hybridized carbons (Fsp3) is 0.818. The highest BCUT2D eigenvalue weighted by molar-refractivity contribution is 5.85. The van der Waals surface area contributed by atoms with Crippen molar-refractivity contribution in [3.8, 4) is 0 Å². The Labute approximate surface area is 96.5 Å². The van der Waals surface area contributed by atoms with Crippen molar-refractivity contribution < 1.29 is 19.1 Å². The third kappa shape index (κ3) is 7.23. The summed E-state index contributed by atoms with van der Waals surface area (Å²) in [7, 11) is 0. The Hall–Kier alpha value is -1.10. The Balaban J connectivity index is 4.19. The maximum atomic E-state index is 11.4. The molecular weight excluding hydrogens is 210 g/mol. The van der Waals surface area contributed by atoms with E-state index in [4.69, 9.17) is 9.47 Å². The summed E-state index contributed by atoms with van der Waals surface area (Å²) < 4.78 is 10.1. The number of hydrogen-bond acceptors (Lipinski definition) is 4. The van der Waals surface area contributed by atoms with E-state index in [2.05, 4.69) is 5.32 Å². The Kier molecular flexibility index (Phi) is 6.03. The second kappa shape index (κ2) is 6.48. The molecule has 0 heterocycles. The van der Waals surface area contributed by atoms with Gasteiger partial charge in [0.1, 0.15) is 11.6 Å². The SMILES string of the molecule is CCOC[C@@H](NC(=O)OC(C)(C)C)C(C)=O. The molecule has 0 fully saturated rings. The van der Waals surface area contributed by atoms with Crippen molar-refractivity contribution in [2.24, 2.45) is 0 Å². The second-order valence-electron chi connectivity index (χ2n) is 4.47. The first-order chi connectivity index (χ1) is 7.26. The Morgan fingerprint density at radius 1 is 1.31 bits per heavy atom. The highest BCUT2D eigenvalue weighted by Crippen LogP contribution is 2.06. The van der Waals surface area contributed by atoms with Crippen LogP contribution in [0.25, 0.3) is 0 Å². The van der Waals surface area contributed by atoms with Crippen molar-refractivity contribution in [1.82, 2.24) is 5.32 Å². The zero-order chi connectivity index (χ0) is 12.8. The van der Waals surface area contributed by atoms with Crippen molar-refractivity contribution in [3.63, 3.8) is 0 Å². The fourth-order valence-electron chi connectivity index (χ4n) is 0.946. The number of carbonyl (C=O) groups excluding carboxylic acids is 2. The van der Waals surface area contributed by atoms with E-state index in [1.165, 1.54) is 6.92 Å². The Morgan fingerprint density at radius 2 is 1.88 bits per heavy atom. The van der Waals surface area contributed by atoms with E-state index in [1.54, 1.807) is 20.8 Å². The molecule has 0 rings (SSSR count). The number of ketones is 1. The molecule has 1 amide bonds. The number of hydrogen-bond donors (Lipinski definition) is 1. The average molecular weight is 231 g/mol. The van der Waals surface area contributed by atoms with Crippen LogP contribution in [0, 0.1) is 0 Å². The summed E-state index contributed by atoms with van der Waals surface area (Å²) >= 11 is 0. The highest BCUT2D eigenvalue weighted by Gasteiger charge is 2.21. The number of ether oxygens (including phenoxy) is 2. The summed E-state index contributed by atoms with van der Waals surface area (Å²) in [6, 6.07) is -0.644. The van der Waals surface area contributed by atoms with Gasteiger partial charge < -0.3 is 14.8 Å². The lowest BCUT2D eigenvalue weighted by atomic mass is 10.2. The standard InChI is InChI=1S/C11H21NO4/c1-6-15-7-9(8(2)13)12-10(14)16-11(3,4)5/h9H,6-7H2,1-5H3,(H,12,14)/t9-/m1/s1. The molecule has 0 radical (unpaired) electrons. The van der Waals surface area contributed by atoms with Gasteiger partial charge in [-0.2, -0.15) is 0 Å². The zero-order valence-corrected chi connectivity index (χ0v) is 10.6. The maximum absolute atomic E-state index is 11.4. The normalized spacial score (nSPS) is 13.1. The predicted molar refractivity (Wildman–Crippen MR) is 60.3 cm³/mol. The molecule has 0 aliphatic heterocycles. The van der Waals surface area contributed by atoms with Gasteiger partial charge in [0.05, 0.1) is 6.61 Å². The third-order valence-corrected chi connectivity index (χ3v) is 1.67. The predicted octanol–water partition coefficient (Wildman–Crippen LogP) is 1.51. The lowest BCUT2D eigenvalue weighted by Crippen LogP contribution is -2.45. The first-order valence-electron chi connectivity index (χ1n) is 5.34. The highest BCUT2D eigenvalue weighted by atomic mass is 16.6. The van der Waals surface area contributed by atoms with Crippen LogP contribution in [-0.2, 0) is 14.3 Å². The van der Waals surface area contributed by atoms with Crippen LogP contribution in [0.15, 0.2) is 0 Å². The van der Waals surface area contributed by atoms with Crippen LogP contribution in [-0.4, -0.2) is 36.7 Å². The molecular formula is C11H21NO4. The van der Waals surface area contributed by atoms with Gasteiger partial charge in [0.25, 0.3) is 0 Å². The molecule has 0 saturated carbocycles. The smallest absolute Gasteiger partial charge is 0.408 e. The maximum Gasteiger partial charge on any atom is 0.408 e. The Morgan fingerprint density at radius 3 is 2.25 bits per heavy atom.